The Labute approximate surface area is 114 Å². The van der Waals surface area contributed by atoms with Gasteiger partial charge in [0.2, 0.25) is 0 Å². The minimum Gasteiger partial charge on any atom is -0.394 e. The second kappa shape index (κ2) is 6.36. The van der Waals surface area contributed by atoms with Crippen molar-refractivity contribution in [3.63, 3.8) is 0 Å². The topological polar surface area (TPSA) is 105 Å². The normalized spacial score (nSPS) is 23.4. The van der Waals surface area contributed by atoms with Crippen molar-refractivity contribution < 1.29 is 20.4 Å². The Balaban J connectivity index is 1.97. The molecule has 0 aromatic heterocycles. The summed E-state index contributed by atoms with van der Waals surface area (Å²) in [6.45, 7) is -0.609. The number of rotatable bonds is 5. The van der Waals surface area contributed by atoms with Crippen molar-refractivity contribution in [2.75, 3.05) is 6.61 Å². The Hall–Kier alpha value is -1.12. The lowest BCUT2D eigenvalue weighted by atomic mass is 10.1. The number of hydrazone groups is 1. The second-order valence-electron chi connectivity index (χ2n) is 4.18. The van der Waals surface area contributed by atoms with Crippen molar-refractivity contribution in [2.45, 2.75) is 23.7 Å². The Kier molecular flexibility index (Phi) is 4.78. The van der Waals surface area contributed by atoms with Crippen LogP contribution in [-0.4, -0.2) is 55.8 Å². The smallest absolute Gasteiger partial charge is 0.125 e. The number of hydrogen-bond donors (Lipinski definition) is 5. The van der Waals surface area contributed by atoms with E-state index in [1.165, 1.54) is 11.8 Å². The number of hydrogen-bond acceptors (Lipinski definition) is 7. The highest BCUT2D eigenvalue weighted by Crippen LogP contribution is 2.26. The maximum absolute atomic E-state index is 9.91. The lowest BCUT2D eigenvalue weighted by Crippen LogP contribution is -2.47. The number of benzene rings is 1. The van der Waals surface area contributed by atoms with Crippen LogP contribution >= 0.6 is 11.8 Å². The third kappa shape index (κ3) is 3.26. The van der Waals surface area contributed by atoms with Crippen molar-refractivity contribution in [2.24, 2.45) is 5.10 Å². The molecule has 0 aliphatic carbocycles. The predicted octanol–water partition coefficient (Wildman–Crippen LogP) is -0.914. The fourth-order valence-corrected chi connectivity index (χ4v) is 2.69. The van der Waals surface area contributed by atoms with Crippen molar-refractivity contribution in [1.82, 2.24) is 5.43 Å². The van der Waals surface area contributed by atoms with Gasteiger partial charge in [0, 0.05) is 5.56 Å². The molecule has 4 atom stereocenters. The zero-order valence-electron chi connectivity index (χ0n) is 10.0. The highest BCUT2D eigenvalue weighted by Gasteiger charge is 2.35. The minimum absolute atomic E-state index is 0.564. The maximum atomic E-state index is 9.91. The van der Waals surface area contributed by atoms with E-state index in [-0.39, 0.29) is 0 Å². The molecule has 0 fully saturated rings. The van der Waals surface area contributed by atoms with Crippen molar-refractivity contribution in [1.29, 1.82) is 0 Å². The molecule has 5 N–H and O–H groups in total. The van der Waals surface area contributed by atoms with E-state index in [0.717, 1.165) is 5.56 Å². The maximum Gasteiger partial charge on any atom is 0.125 e. The van der Waals surface area contributed by atoms with Gasteiger partial charge in [-0.2, -0.15) is 5.10 Å². The van der Waals surface area contributed by atoms with Gasteiger partial charge in [-0.3, -0.25) is 5.43 Å². The highest BCUT2D eigenvalue weighted by molar-refractivity contribution is 8.15. The van der Waals surface area contributed by atoms with Crippen molar-refractivity contribution in [3.05, 3.63) is 35.9 Å². The molecule has 0 saturated carbocycles. The average Bonchev–Trinajstić information content (AvgIpc) is 2.95. The molecule has 19 heavy (non-hydrogen) atoms. The summed E-state index contributed by atoms with van der Waals surface area (Å²) in [6.07, 6.45) is -4.05. The van der Waals surface area contributed by atoms with Crippen LogP contribution in [0, 0.1) is 0 Å². The predicted molar refractivity (Wildman–Crippen MR) is 72.6 cm³/mol. The number of thioether (sulfide) groups is 1. The van der Waals surface area contributed by atoms with E-state index < -0.39 is 30.3 Å². The zero-order chi connectivity index (χ0) is 13.8. The molecule has 7 heteroatoms. The van der Waals surface area contributed by atoms with Gasteiger partial charge in [-0.1, -0.05) is 42.1 Å². The number of aliphatic hydroxyl groups excluding tert-OH is 4. The summed E-state index contributed by atoms with van der Waals surface area (Å²) in [4.78, 5) is 0. The monoisotopic (exact) mass is 284 g/mol. The van der Waals surface area contributed by atoms with Crippen LogP contribution in [-0.2, 0) is 0 Å². The highest BCUT2D eigenvalue weighted by atomic mass is 32.2. The second-order valence-corrected chi connectivity index (χ2v) is 5.31. The zero-order valence-corrected chi connectivity index (χ0v) is 10.9. The van der Waals surface area contributed by atoms with Crippen LogP contribution in [0.3, 0.4) is 0 Å². The van der Waals surface area contributed by atoms with Gasteiger partial charge in [-0.05, 0) is 0 Å². The Morgan fingerprint density at radius 3 is 2.53 bits per heavy atom. The third-order valence-corrected chi connectivity index (χ3v) is 3.98. The molecule has 1 aliphatic heterocycles. The minimum atomic E-state index is -1.43. The largest absolute Gasteiger partial charge is 0.394 e. The summed E-state index contributed by atoms with van der Waals surface area (Å²) in [7, 11) is 0. The van der Waals surface area contributed by atoms with Crippen LogP contribution in [0.2, 0.25) is 0 Å². The molecule has 104 valence electrons. The van der Waals surface area contributed by atoms with Gasteiger partial charge in [0.1, 0.15) is 28.7 Å². The number of nitrogens with one attached hydrogen (secondary N) is 1. The first-order chi connectivity index (χ1) is 9.13. The van der Waals surface area contributed by atoms with Crippen LogP contribution in [0.25, 0.3) is 0 Å². The van der Waals surface area contributed by atoms with Gasteiger partial charge in [0.15, 0.2) is 0 Å². The molecule has 0 radical (unpaired) electrons. The summed E-state index contributed by atoms with van der Waals surface area (Å²) < 4.78 is 0. The van der Waals surface area contributed by atoms with E-state index in [2.05, 4.69) is 10.5 Å². The summed E-state index contributed by atoms with van der Waals surface area (Å²) >= 11 is 1.26. The molecule has 6 nitrogen and oxygen atoms in total. The van der Waals surface area contributed by atoms with Gasteiger partial charge in [-0.15, -0.1) is 0 Å². The van der Waals surface area contributed by atoms with E-state index in [1.807, 2.05) is 30.3 Å². The van der Waals surface area contributed by atoms with Gasteiger partial charge in [-0.25, -0.2) is 0 Å². The van der Waals surface area contributed by atoms with Gasteiger partial charge < -0.3 is 20.4 Å². The van der Waals surface area contributed by atoms with E-state index in [9.17, 15) is 15.3 Å². The van der Waals surface area contributed by atoms with Crippen LogP contribution in [0.4, 0.5) is 0 Å². The molecule has 1 heterocycles. The molecule has 1 aromatic carbocycles. The molecule has 1 aromatic rings. The van der Waals surface area contributed by atoms with Crippen LogP contribution in [0.1, 0.15) is 5.56 Å². The summed E-state index contributed by atoms with van der Waals surface area (Å²) in [5, 5.41) is 41.8. The molecule has 0 amide bonds. The molecule has 1 aliphatic rings. The lowest BCUT2D eigenvalue weighted by Gasteiger charge is -2.25. The first kappa shape index (κ1) is 14.3. The van der Waals surface area contributed by atoms with E-state index >= 15 is 0 Å². The van der Waals surface area contributed by atoms with Crippen molar-refractivity contribution >= 4 is 16.8 Å². The molecule has 0 spiro atoms. The molecule has 2 rings (SSSR count). The van der Waals surface area contributed by atoms with Crippen molar-refractivity contribution in [3.8, 4) is 0 Å². The molecular weight excluding hydrogens is 268 g/mol. The first-order valence-corrected chi connectivity index (χ1v) is 6.72. The SMILES string of the molecule is OC[C@H](O)[C@@H](O)[C@@H](O)[C@@H]1NN=C(c2ccccc2)S1. The van der Waals surface area contributed by atoms with E-state index in [0.29, 0.717) is 5.04 Å². The number of nitrogens with zero attached hydrogens (tertiary/aromatic N) is 1. The fraction of sp³-hybridized carbons (Fsp3) is 0.417. The van der Waals surface area contributed by atoms with Crippen LogP contribution in [0.15, 0.2) is 35.4 Å². The van der Waals surface area contributed by atoms with Crippen LogP contribution in [0.5, 0.6) is 0 Å². The van der Waals surface area contributed by atoms with E-state index in [4.69, 9.17) is 5.11 Å². The van der Waals surface area contributed by atoms with E-state index in [1.54, 1.807) is 0 Å². The van der Waals surface area contributed by atoms with Crippen LogP contribution < -0.4 is 5.43 Å². The summed E-state index contributed by atoms with van der Waals surface area (Å²) in [5.74, 6) is 0. The summed E-state index contributed by atoms with van der Waals surface area (Å²) in [6, 6.07) is 9.44. The Morgan fingerprint density at radius 1 is 1.21 bits per heavy atom. The standard InChI is InChI=1S/C12H16N2O4S/c15-6-8(16)9(17)10(18)12-14-13-11(19-12)7-4-2-1-3-5-7/h1-5,8-10,12,14-18H,6H2/t8-,9+,10+,12+/m0/s1. The summed E-state index contributed by atoms with van der Waals surface area (Å²) in [5.41, 5.74) is 3.62. The Morgan fingerprint density at radius 2 is 1.89 bits per heavy atom. The fourth-order valence-electron chi connectivity index (χ4n) is 1.67. The molecular formula is C12H16N2O4S. The van der Waals surface area contributed by atoms with Gasteiger partial charge in [0.25, 0.3) is 0 Å². The number of aliphatic hydroxyl groups is 4. The third-order valence-electron chi connectivity index (χ3n) is 2.79. The Bertz CT molecular complexity index is 443. The van der Waals surface area contributed by atoms with Gasteiger partial charge in [0.05, 0.1) is 6.61 Å². The first-order valence-electron chi connectivity index (χ1n) is 5.84. The molecule has 0 unspecified atom stereocenters. The average molecular weight is 284 g/mol. The van der Waals surface area contributed by atoms with Gasteiger partial charge >= 0.3 is 0 Å². The quantitative estimate of drug-likeness (QED) is 0.479. The lowest BCUT2D eigenvalue weighted by molar-refractivity contribution is -0.0779. The molecule has 0 saturated heterocycles. The molecule has 0 bridgehead atoms.